The number of amides is 1. The smallest absolute Gasteiger partial charge is 0.281 e. The van der Waals surface area contributed by atoms with Crippen molar-refractivity contribution in [2.24, 2.45) is 0 Å². The van der Waals surface area contributed by atoms with Crippen LogP contribution in [0.15, 0.2) is 78.0 Å². The van der Waals surface area contributed by atoms with Crippen LogP contribution in [0.3, 0.4) is 0 Å². The molecular formula is C28H27N3O5S. The van der Waals surface area contributed by atoms with Gasteiger partial charge in [-0.15, -0.1) is 0 Å². The number of aryl methyl sites for hydroxylation is 3. The number of ether oxygens (including phenoxy) is 2. The minimum atomic E-state index is -4.20. The van der Waals surface area contributed by atoms with E-state index in [1.165, 1.54) is 24.4 Å². The Bertz CT molecular complexity index is 1530. The number of sulfonamides is 1. The van der Waals surface area contributed by atoms with E-state index in [0.29, 0.717) is 18.1 Å². The third-order valence-electron chi connectivity index (χ3n) is 5.58. The fourth-order valence-corrected chi connectivity index (χ4v) is 4.91. The molecule has 1 N–H and O–H groups in total. The van der Waals surface area contributed by atoms with Crippen molar-refractivity contribution in [1.82, 2.24) is 14.7 Å². The topological polar surface area (TPSA) is 107 Å². The Balaban J connectivity index is 1.78. The second kappa shape index (κ2) is 10.9. The molecule has 0 saturated carbocycles. The predicted octanol–water partition coefficient (Wildman–Crippen LogP) is 5.13. The van der Waals surface area contributed by atoms with Crippen molar-refractivity contribution >= 4 is 15.9 Å². The third-order valence-corrected chi connectivity index (χ3v) is 6.83. The van der Waals surface area contributed by atoms with E-state index in [4.69, 9.17) is 9.47 Å². The standard InChI is InChI=1S/C28H27N3O5S/c1-18-14-19(2)26(20(3)15-18)36-28-23(27(32)31-37(33,34)25-10-5-6-13-29-25)11-12-24(30-28)22-9-7-8-21(16-22)17-35-4/h5-16H,17H2,1-4H3,(H,31,32). The summed E-state index contributed by atoms with van der Waals surface area (Å²) in [4.78, 5) is 21.7. The molecular weight excluding hydrogens is 490 g/mol. The quantitative estimate of drug-likeness (QED) is 0.345. The Morgan fingerprint density at radius 1 is 0.946 bits per heavy atom. The van der Waals surface area contributed by atoms with Gasteiger partial charge in [0.2, 0.25) is 5.88 Å². The highest BCUT2D eigenvalue weighted by atomic mass is 32.2. The Morgan fingerprint density at radius 2 is 1.70 bits per heavy atom. The van der Waals surface area contributed by atoms with Crippen LogP contribution >= 0.6 is 0 Å². The molecule has 4 aromatic rings. The van der Waals surface area contributed by atoms with Gasteiger partial charge < -0.3 is 9.47 Å². The maximum absolute atomic E-state index is 13.2. The van der Waals surface area contributed by atoms with Gasteiger partial charge in [-0.2, -0.15) is 8.42 Å². The van der Waals surface area contributed by atoms with Gasteiger partial charge in [-0.05, 0) is 67.8 Å². The summed E-state index contributed by atoms with van der Waals surface area (Å²) in [6.45, 7) is 6.22. The fraction of sp³-hybridized carbons (Fsp3) is 0.179. The van der Waals surface area contributed by atoms with Gasteiger partial charge in [0, 0.05) is 18.9 Å². The number of aromatic nitrogens is 2. The molecule has 2 heterocycles. The summed E-state index contributed by atoms with van der Waals surface area (Å²) in [5.41, 5.74) is 5.06. The summed E-state index contributed by atoms with van der Waals surface area (Å²) in [6, 6.07) is 19.1. The van der Waals surface area contributed by atoms with Crippen molar-refractivity contribution in [3.8, 4) is 22.9 Å². The van der Waals surface area contributed by atoms with Gasteiger partial charge >= 0.3 is 0 Å². The highest BCUT2D eigenvalue weighted by Gasteiger charge is 2.24. The third kappa shape index (κ3) is 6.02. The molecule has 0 aliphatic carbocycles. The molecule has 0 spiro atoms. The molecule has 0 fully saturated rings. The molecule has 190 valence electrons. The number of pyridine rings is 2. The molecule has 0 atom stereocenters. The lowest BCUT2D eigenvalue weighted by atomic mass is 10.1. The van der Waals surface area contributed by atoms with E-state index in [1.54, 1.807) is 19.2 Å². The van der Waals surface area contributed by atoms with Gasteiger partial charge in [0.1, 0.15) is 11.3 Å². The highest BCUT2D eigenvalue weighted by Crippen LogP contribution is 2.33. The normalized spacial score (nSPS) is 11.2. The minimum absolute atomic E-state index is 0.0154. The molecule has 0 bridgehead atoms. The SMILES string of the molecule is COCc1cccc(-c2ccc(C(=O)NS(=O)(=O)c3ccccn3)c(Oc3c(C)cc(C)cc3C)n2)c1. The maximum atomic E-state index is 13.2. The average molecular weight is 518 g/mol. The zero-order chi connectivity index (χ0) is 26.6. The van der Waals surface area contributed by atoms with Crippen LogP contribution in [-0.2, 0) is 21.4 Å². The lowest BCUT2D eigenvalue weighted by molar-refractivity contribution is 0.0978. The molecule has 9 heteroatoms. The zero-order valence-corrected chi connectivity index (χ0v) is 21.8. The number of hydrogen-bond acceptors (Lipinski definition) is 7. The first kappa shape index (κ1) is 26.0. The first-order chi connectivity index (χ1) is 17.7. The molecule has 0 aliphatic rings. The Kier molecular flexibility index (Phi) is 7.66. The van der Waals surface area contributed by atoms with E-state index in [9.17, 15) is 13.2 Å². The second-order valence-corrected chi connectivity index (χ2v) is 10.2. The minimum Gasteiger partial charge on any atom is -0.438 e. The van der Waals surface area contributed by atoms with Gasteiger partial charge in [-0.1, -0.05) is 42.0 Å². The Labute approximate surface area is 216 Å². The Morgan fingerprint density at radius 3 is 2.38 bits per heavy atom. The van der Waals surface area contributed by atoms with E-state index >= 15 is 0 Å². The van der Waals surface area contributed by atoms with Gasteiger partial charge in [0.05, 0.1) is 12.3 Å². The maximum Gasteiger partial charge on any atom is 0.281 e. The van der Waals surface area contributed by atoms with Gasteiger partial charge in [0.25, 0.3) is 15.9 Å². The number of nitrogens with one attached hydrogen (secondary N) is 1. The molecule has 0 aliphatic heterocycles. The molecule has 1 amide bonds. The zero-order valence-electron chi connectivity index (χ0n) is 21.0. The van der Waals surface area contributed by atoms with Crippen molar-refractivity contribution in [3.05, 3.63) is 101 Å². The summed E-state index contributed by atoms with van der Waals surface area (Å²) < 4.78 is 39.0. The molecule has 0 radical (unpaired) electrons. The number of hydrogen-bond donors (Lipinski definition) is 1. The van der Waals surface area contributed by atoms with E-state index in [2.05, 4.69) is 14.7 Å². The van der Waals surface area contributed by atoms with Crippen LogP contribution in [0.5, 0.6) is 11.6 Å². The van der Waals surface area contributed by atoms with Crippen LogP contribution in [0, 0.1) is 20.8 Å². The van der Waals surface area contributed by atoms with Crippen LogP contribution in [-0.4, -0.2) is 31.4 Å². The van der Waals surface area contributed by atoms with Crippen LogP contribution in [0.1, 0.15) is 32.6 Å². The van der Waals surface area contributed by atoms with Crippen molar-refractivity contribution < 1.29 is 22.7 Å². The Hall–Kier alpha value is -4.08. The van der Waals surface area contributed by atoms with Gasteiger partial charge in [-0.3, -0.25) is 4.79 Å². The lowest BCUT2D eigenvalue weighted by Crippen LogP contribution is -2.31. The second-order valence-electron chi connectivity index (χ2n) is 8.62. The number of rotatable bonds is 8. The summed E-state index contributed by atoms with van der Waals surface area (Å²) in [6.07, 6.45) is 1.34. The van der Waals surface area contributed by atoms with E-state index in [0.717, 1.165) is 27.8 Å². The average Bonchev–Trinajstić information content (AvgIpc) is 2.86. The molecule has 2 aromatic carbocycles. The summed E-state index contributed by atoms with van der Waals surface area (Å²) in [5.74, 6) is -0.348. The molecule has 4 rings (SSSR count). The largest absolute Gasteiger partial charge is 0.438 e. The van der Waals surface area contributed by atoms with E-state index in [-0.39, 0.29) is 16.5 Å². The summed E-state index contributed by atoms with van der Waals surface area (Å²) >= 11 is 0. The molecule has 8 nitrogen and oxygen atoms in total. The van der Waals surface area contributed by atoms with Crippen LogP contribution in [0.25, 0.3) is 11.3 Å². The summed E-state index contributed by atoms with van der Waals surface area (Å²) in [5, 5.41) is -0.268. The molecule has 0 unspecified atom stereocenters. The van der Waals surface area contributed by atoms with Crippen LogP contribution in [0.2, 0.25) is 0 Å². The van der Waals surface area contributed by atoms with E-state index in [1.807, 2.05) is 57.2 Å². The summed E-state index contributed by atoms with van der Waals surface area (Å²) in [7, 11) is -2.58. The van der Waals surface area contributed by atoms with Crippen molar-refractivity contribution in [3.63, 3.8) is 0 Å². The predicted molar refractivity (Wildman–Crippen MR) is 140 cm³/mol. The fourth-order valence-electron chi connectivity index (χ4n) is 4.00. The van der Waals surface area contributed by atoms with Crippen LogP contribution < -0.4 is 9.46 Å². The number of methoxy groups -OCH3 is 1. The number of carbonyl (C=O) groups excluding carboxylic acids is 1. The highest BCUT2D eigenvalue weighted by molar-refractivity contribution is 7.90. The first-order valence-corrected chi connectivity index (χ1v) is 13.0. The van der Waals surface area contributed by atoms with Crippen molar-refractivity contribution in [2.75, 3.05) is 7.11 Å². The van der Waals surface area contributed by atoms with Crippen molar-refractivity contribution in [2.45, 2.75) is 32.4 Å². The first-order valence-electron chi connectivity index (χ1n) is 11.5. The van der Waals surface area contributed by atoms with Crippen LogP contribution in [0.4, 0.5) is 0 Å². The molecule has 0 saturated heterocycles. The van der Waals surface area contributed by atoms with E-state index < -0.39 is 15.9 Å². The van der Waals surface area contributed by atoms with Gasteiger partial charge in [-0.25, -0.2) is 14.7 Å². The monoisotopic (exact) mass is 517 g/mol. The van der Waals surface area contributed by atoms with Gasteiger partial charge in [0.15, 0.2) is 5.03 Å². The number of nitrogens with zero attached hydrogens (tertiary/aromatic N) is 2. The van der Waals surface area contributed by atoms with Crippen molar-refractivity contribution in [1.29, 1.82) is 0 Å². The lowest BCUT2D eigenvalue weighted by Gasteiger charge is -2.16. The molecule has 37 heavy (non-hydrogen) atoms. The number of benzene rings is 2. The number of carbonyl (C=O) groups is 1. The molecule has 2 aromatic heterocycles.